The molecule has 4 N–H and O–H groups in total. The van der Waals surface area contributed by atoms with Gasteiger partial charge in [-0.3, -0.25) is 14.3 Å². The molecular formula is C32H39F3N7O5P. The van der Waals surface area contributed by atoms with Crippen molar-refractivity contribution in [2.45, 2.75) is 50.6 Å². The van der Waals surface area contributed by atoms with Crippen molar-refractivity contribution in [3.8, 4) is 0 Å². The fourth-order valence-electron chi connectivity index (χ4n) is 7.01. The van der Waals surface area contributed by atoms with Gasteiger partial charge in [-0.2, -0.15) is 18.2 Å². The molecule has 1 amide bonds. The lowest BCUT2D eigenvalue weighted by Crippen LogP contribution is -2.58. The van der Waals surface area contributed by atoms with E-state index in [2.05, 4.69) is 30.4 Å². The smallest absolute Gasteiger partial charge is 0.378 e. The van der Waals surface area contributed by atoms with E-state index >= 15 is 0 Å². The van der Waals surface area contributed by atoms with Gasteiger partial charge in [-0.1, -0.05) is 26.0 Å². The Hall–Kier alpha value is -3.75. The molecule has 0 saturated carbocycles. The molecule has 3 aromatic rings. The summed E-state index contributed by atoms with van der Waals surface area (Å²) in [6.45, 7) is 8.26. The molecule has 2 aromatic carbocycles. The minimum atomic E-state index is -4.79. The lowest BCUT2D eigenvalue weighted by molar-refractivity contribution is -0.137. The van der Waals surface area contributed by atoms with Gasteiger partial charge in [-0.05, 0) is 42.7 Å². The lowest BCUT2D eigenvalue weighted by Gasteiger charge is -2.45. The number of nitrogens with zero attached hydrogens (tertiary/aromatic N) is 5. The number of hydrogen-bond acceptors (Lipinski definition) is 9. The molecule has 1 unspecified atom stereocenters. The zero-order valence-corrected chi connectivity index (χ0v) is 27.8. The second-order valence-electron chi connectivity index (χ2n) is 12.4. The molecule has 3 aliphatic heterocycles. The fraction of sp³-hybridized carbons (Fsp3) is 0.469. The first-order valence-corrected chi connectivity index (χ1v) is 17.5. The Morgan fingerprint density at radius 1 is 1.04 bits per heavy atom. The van der Waals surface area contributed by atoms with Crippen LogP contribution in [0.3, 0.4) is 0 Å². The molecule has 48 heavy (non-hydrogen) atoms. The van der Waals surface area contributed by atoms with Crippen molar-refractivity contribution in [3.05, 3.63) is 64.8 Å². The van der Waals surface area contributed by atoms with Crippen LogP contribution in [-0.4, -0.2) is 87.9 Å². The number of hydrogen-bond donors (Lipinski definition) is 4. The van der Waals surface area contributed by atoms with E-state index in [9.17, 15) is 32.3 Å². The maximum absolute atomic E-state index is 14.2. The normalized spacial score (nSPS) is 18.9. The van der Waals surface area contributed by atoms with Crippen LogP contribution in [0.5, 0.6) is 0 Å². The molecule has 2 fully saturated rings. The quantitative estimate of drug-likeness (QED) is 0.218. The van der Waals surface area contributed by atoms with Crippen molar-refractivity contribution >= 4 is 42.3 Å². The van der Waals surface area contributed by atoms with Crippen LogP contribution in [0.1, 0.15) is 53.7 Å². The predicted octanol–water partition coefficient (Wildman–Crippen LogP) is 5.28. The Balaban J connectivity index is 1.30. The third-order valence-electron chi connectivity index (χ3n) is 9.78. The number of alkyl halides is 3. The van der Waals surface area contributed by atoms with E-state index in [4.69, 9.17) is 4.74 Å². The Bertz CT molecular complexity index is 1730. The van der Waals surface area contributed by atoms with Gasteiger partial charge >= 0.3 is 13.8 Å². The average molecular weight is 690 g/mol. The minimum Gasteiger partial charge on any atom is -0.378 e. The van der Waals surface area contributed by atoms with Crippen molar-refractivity contribution in [2.75, 3.05) is 62.0 Å². The molecule has 258 valence electrons. The van der Waals surface area contributed by atoms with Crippen LogP contribution >= 0.6 is 7.60 Å². The van der Waals surface area contributed by atoms with Gasteiger partial charge < -0.3 is 35.0 Å². The van der Waals surface area contributed by atoms with E-state index in [0.717, 1.165) is 30.9 Å². The van der Waals surface area contributed by atoms with E-state index in [1.165, 1.54) is 0 Å². The number of carbonyl (C=O) groups is 1. The zero-order chi connectivity index (χ0) is 34.4. The summed E-state index contributed by atoms with van der Waals surface area (Å²) in [6.07, 6.45) is -3.69. The number of fused-ring (bicyclic) bond motifs is 2. The van der Waals surface area contributed by atoms with Gasteiger partial charge in [0.15, 0.2) is 0 Å². The zero-order valence-electron chi connectivity index (χ0n) is 26.9. The number of morpholine rings is 1. The highest BCUT2D eigenvalue weighted by Crippen LogP contribution is 2.61. The first kappa shape index (κ1) is 34.1. The van der Waals surface area contributed by atoms with Gasteiger partial charge in [0, 0.05) is 62.9 Å². The van der Waals surface area contributed by atoms with Crippen LogP contribution in [-0.2, 0) is 27.2 Å². The third-order valence-corrected chi connectivity index (χ3v) is 11.8. The minimum absolute atomic E-state index is 0.144. The molecule has 0 spiro atoms. The van der Waals surface area contributed by atoms with Gasteiger partial charge in [0.2, 0.25) is 5.95 Å². The first-order chi connectivity index (χ1) is 22.8. The number of rotatable bonds is 9. The summed E-state index contributed by atoms with van der Waals surface area (Å²) in [4.78, 5) is 47.8. The first-order valence-electron chi connectivity index (χ1n) is 15.9. The van der Waals surface area contributed by atoms with Crippen molar-refractivity contribution in [1.29, 1.82) is 0 Å². The van der Waals surface area contributed by atoms with Crippen LogP contribution in [0.2, 0.25) is 0 Å². The Kier molecular flexibility index (Phi) is 9.20. The van der Waals surface area contributed by atoms with E-state index < -0.39 is 30.3 Å². The molecule has 16 heteroatoms. The molecule has 0 bridgehead atoms. The summed E-state index contributed by atoms with van der Waals surface area (Å²) >= 11 is 0. The molecule has 3 aliphatic rings. The lowest BCUT2D eigenvalue weighted by atomic mass is 9.92. The standard InChI is InChI=1S/C32H39F3N7O5P/c1-4-31(5-2,48(44,45)46)20-6-8-21(9-7-20)37-30-36-16-24(32(33,34)35)28(39-30)38-25-10-11-26(23-18-40(3)29(43)27(23)25)42-13-12-41-14-15-47-19-22(41)17-42/h6-11,16,22H,4-5,12-15,17-19H2,1-3H3,(H2,44,45,46)(H2,36,37,38,39). The number of carbonyl (C=O) groups excluding carboxylic acids is 1. The summed E-state index contributed by atoms with van der Waals surface area (Å²) in [5.41, 5.74) is 1.86. The highest BCUT2D eigenvalue weighted by molar-refractivity contribution is 7.53. The summed E-state index contributed by atoms with van der Waals surface area (Å²) in [6, 6.07) is 9.97. The topological polar surface area (TPSA) is 143 Å². The van der Waals surface area contributed by atoms with Gasteiger partial charge in [-0.25, -0.2) is 4.98 Å². The van der Waals surface area contributed by atoms with Crippen LogP contribution < -0.4 is 15.5 Å². The van der Waals surface area contributed by atoms with E-state index in [-0.39, 0.29) is 36.4 Å². The molecule has 0 aliphatic carbocycles. The van der Waals surface area contributed by atoms with Crippen LogP contribution in [0.4, 0.5) is 42.0 Å². The highest BCUT2D eigenvalue weighted by atomic mass is 31.2. The molecular weight excluding hydrogens is 650 g/mol. The Labute approximate surface area is 276 Å². The SMILES string of the molecule is CCC(CC)(c1ccc(Nc2ncc(C(F)(F)F)c(Nc3ccc(N4CCN5CCOCC5C4)c4c3C(=O)N(C)C4)n2)cc1)P(=O)(O)O. The van der Waals surface area contributed by atoms with Crippen molar-refractivity contribution in [1.82, 2.24) is 19.8 Å². The maximum Gasteiger partial charge on any atom is 0.421 e. The molecule has 2 saturated heterocycles. The summed E-state index contributed by atoms with van der Waals surface area (Å²) in [5.74, 6) is -0.977. The number of piperazine rings is 1. The van der Waals surface area contributed by atoms with Crippen LogP contribution in [0, 0.1) is 0 Å². The summed E-state index contributed by atoms with van der Waals surface area (Å²) in [5, 5.41) is 4.33. The van der Waals surface area contributed by atoms with Crippen molar-refractivity contribution in [2.24, 2.45) is 0 Å². The summed E-state index contributed by atoms with van der Waals surface area (Å²) in [7, 11) is -2.84. The number of halogens is 3. The number of amides is 1. The van der Waals surface area contributed by atoms with E-state index in [1.54, 1.807) is 56.1 Å². The number of nitrogens with one attached hydrogen (secondary N) is 2. The van der Waals surface area contributed by atoms with E-state index in [0.29, 0.717) is 49.3 Å². The van der Waals surface area contributed by atoms with Gasteiger partial charge in [0.1, 0.15) is 11.4 Å². The number of ether oxygens (including phenoxy) is 1. The number of anilines is 5. The van der Waals surface area contributed by atoms with Crippen LogP contribution in [0.15, 0.2) is 42.6 Å². The highest BCUT2D eigenvalue weighted by Gasteiger charge is 2.45. The van der Waals surface area contributed by atoms with Crippen LogP contribution in [0.25, 0.3) is 0 Å². The predicted molar refractivity (Wildman–Crippen MR) is 175 cm³/mol. The van der Waals surface area contributed by atoms with Crippen molar-refractivity contribution < 1.29 is 37.1 Å². The van der Waals surface area contributed by atoms with Gasteiger partial charge in [-0.15, -0.1) is 0 Å². The molecule has 4 heterocycles. The second-order valence-corrected chi connectivity index (χ2v) is 14.4. The maximum atomic E-state index is 14.2. The summed E-state index contributed by atoms with van der Waals surface area (Å²) < 4.78 is 60.6. The number of aromatic nitrogens is 2. The Morgan fingerprint density at radius 3 is 2.44 bits per heavy atom. The Morgan fingerprint density at radius 2 is 1.77 bits per heavy atom. The molecule has 1 atom stereocenters. The van der Waals surface area contributed by atoms with Gasteiger partial charge in [0.05, 0.1) is 35.7 Å². The third kappa shape index (κ3) is 6.25. The van der Waals surface area contributed by atoms with Crippen molar-refractivity contribution in [3.63, 3.8) is 0 Å². The fourth-order valence-corrected chi connectivity index (χ4v) is 8.32. The van der Waals surface area contributed by atoms with Gasteiger partial charge in [0.25, 0.3) is 5.91 Å². The number of benzene rings is 2. The molecule has 6 rings (SSSR count). The molecule has 1 aromatic heterocycles. The second kappa shape index (κ2) is 12.9. The monoisotopic (exact) mass is 689 g/mol. The molecule has 0 radical (unpaired) electrons. The largest absolute Gasteiger partial charge is 0.421 e. The molecule has 12 nitrogen and oxygen atoms in total. The average Bonchev–Trinajstić information content (AvgIpc) is 3.35. The van der Waals surface area contributed by atoms with E-state index in [1.807, 2.05) is 6.07 Å².